The van der Waals surface area contributed by atoms with E-state index in [1.165, 1.54) is 14.2 Å². The number of nitrogens with one attached hydrogen (secondary N) is 1. The van der Waals surface area contributed by atoms with Crippen molar-refractivity contribution in [3.05, 3.63) is 86.2 Å². The van der Waals surface area contributed by atoms with Gasteiger partial charge in [-0.15, -0.1) is 0 Å². The van der Waals surface area contributed by atoms with E-state index in [1.807, 2.05) is 29.2 Å². The molecule has 1 fully saturated rings. The van der Waals surface area contributed by atoms with Crippen LogP contribution in [-0.2, 0) is 30.3 Å². The highest BCUT2D eigenvalue weighted by Gasteiger charge is 2.42. The molecule has 254 valence electrons. The smallest absolute Gasteiger partial charge is 0.336 e. The van der Waals surface area contributed by atoms with E-state index in [-0.39, 0.29) is 33.5 Å². The number of esters is 2. The number of hydrogen-bond acceptors (Lipinski definition) is 9. The molecular weight excluding hydrogens is 643 g/mol. The van der Waals surface area contributed by atoms with E-state index in [1.54, 1.807) is 25.3 Å². The van der Waals surface area contributed by atoms with Gasteiger partial charge in [0, 0.05) is 53.2 Å². The minimum absolute atomic E-state index is 0.0830. The summed E-state index contributed by atoms with van der Waals surface area (Å²) in [4.78, 5) is 47.4. The van der Waals surface area contributed by atoms with Crippen molar-refractivity contribution in [3.63, 3.8) is 0 Å². The second-order valence-corrected chi connectivity index (χ2v) is 12.6. The molecule has 2 aromatic rings. The zero-order valence-electron chi connectivity index (χ0n) is 27.7. The fourth-order valence-corrected chi connectivity index (χ4v) is 6.80. The van der Waals surface area contributed by atoms with Crippen molar-refractivity contribution in [1.29, 1.82) is 0 Å². The molecule has 0 bridgehead atoms. The third-order valence-electron chi connectivity index (χ3n) is 8.60. The minimum atomic E-state index is -1.05. The van der Waals surface area contributed by atoms with Gasteiger partial charge in [0.15, 0.2) is 0 Å². The summed E-state index contributed by atoms with van der Waals surface area (Å²) in [7, 11) is 8.26. The number of methoxy groups -OCH3 is 3. The lowest BCUT2D eigenvalue weighted by molar-refractivity contribution is -0.137. The molecule has 0 aliphatic carbocycles. The largest absolute Gasteiger partial charge is 0.496 e. The van der Waals surface area contributed by atoms with Crippen LogP contribution in [0.4, 0.5) is 0 Å². The maximum Gasteiger partial charge on any atom is 0.336 e. The molecule has 47 heavy (non-hydrogen) atoms. The summed E-state index contributed by atoms with van der Waals surface area (Å²) in [5.41, 5.74) is 2.35. The quantitative estimate of drug-likeness (QED) is 0.302. The monoisotopic (exact) mass is 686 g/mol. The van der Waals surface area contributed by atoms with Gasteiger partial charge in [0.2, 0.25) is 5.91 Å². The highest BCUT2D eigenvalue weighted by molar-refractivity contribution is 6.36. The number of para-hydroxylation sites is 1. The Kier molecular flexibility index (Phi) is 13.1. The molecule has 12 heteroatoms. The summed E-state index contributed by atoms with van der Waals surface area (Å²) < 4.78 is 16.1. The lowest BCUT2D eigenvalue weighted by Gasteiger charge is -2.36. The van der Waals surface area contributed by atoms with Crippen molar-refractivity contribution < 1.29 is 28.6 Å². The van der Waals surface area contributed by atoms with Crippen LogP contribution in [0.1, 0.15) is 36.3 Å². The summed E-state index contributed by atoms with van der Waals surface area (Å²) in [5, 5.41) is 3.83. The number of rotatable bonds is 13. The Hall–Kier alpha value is -3.57. The normalized spacial score (nSPS) is 17.1. The number of allylic oxidation sites excluding steroid dienone is 1. The molecular formula is C35H44Cl2N4O6. The number of carbonyl (C=O) groups is 3. The number of ether oxygens (including phenoxy) is 3. The summed E-state index contributed by atoms with van der Waals surface area (Å²) in [5.74, 6) is -1.86. The van der Waals surface area contributed by atoms with E-state index in [0.29, 0.717) is 48.6 Å². The lowest BCUT2D eigenvalue weighted by atomic mass is 9.78. The molecule has 4 rings (SSSR count). The molecule has 2 heterocycles. The van der Waals surface area contributed by atoms with Crippen molar-refractivity contribution in [2.45, 2.75) is 31.6 Å². The van der Waals surface area contributed by atoms with Crippen LogP contribution in [0.25, 0.3) is 0 Å². The molecule has 0 saturated carbocycles. The maximum absolute atomic E-state index is 13.8. The topological polar surface area (TPSA) is 101 Å². The van der Waals surface area contributed by atoms with E-state index in [0.717, 1.165) is 38.2 Å². The first-order valence-corrected chi connectivity index (χ1v) is 16.5. The molecule has 1 saturated heterocycles. The number of dihydropyridines is 1. The first kappa shape index (κ1) is 36.3. The van der Waals surface area contributed by atoms with E-state index in [2.05, 4.69) is 29.2 Å². The Morgan fingerprint density at radius 2 is 1.47 bits per heavy atom. The van der Waals surface area contributed by atoms with Gasteiger partial charge in [-0.25, -0.2) is 9.59 Å². The fourth-order valence-electron chi connectivity index (χ4n) is 6.19. The number of nitrogens with zero attached hydrogens (tertiary/aromatic N) is 3. The Morgan fingerprint density at radius 1 is 0.851 bits per heavy atom. The standard InChI is InChI=1S/C35H44Cl2N4O6/c1-39(2)16-9-17-40-18-20-41(21-19-40)29(42)22-27-32(35(44)47-5)33(30-24(36)11-8-12-25(30)37)31(34(43)46-4)26(38-27)15-14-23-10-6-7-13-28(23)45-3/h6-8,10-13,33,38H,9,14-22H2,1-5H3. The van der Waals surface area contributed by atoms with E-state index >= 15 is 0 Å². The van der Waals surface area contributed by atoms with Crippen LogP contribution in [-0.4, -0.2) is 107 Å². The summed E-state index contributed by atoms with van der Waals surface area (Å²) >= 11 is 13.5. The maximum atomic E-state index is 13.8. The van der Waals surface area contributed by atoms with Crippen LogP contribution >= 0.6 is 23.2 Å². The second-order valence-electron chi connectivity index (χ2n) is 11.8. The van der Waals surface area contributed by atoms with Crippen LogP contribution in [0.5, 0.6) is 5.75 Å². The molecule has 1 amide bonds. The van der Waals surface area contributed by atoms with E-state index < -0.39 is 17.9 Å². The summed E-state index contributed by atoms with van der Waals surface area (Å²) in [6, 6.07) is 12.6. The number of piperazine rings is 1. The molecule has 0 spiro atoms. The Bertz CT molecular complexity index is 1500. The zero-order chi connectivity index (χ0) is 34.1. The first-order valence-electron chi connectivity index (χ1n) is 15.7. The lowest BCUT2D eigenvalue weighted by Crippen LogP contribution is -2.49. The molecule has 10 nitrogen and oxygen atoms in total. The number of halogens is 2. The van der Waals surface area contributed by atoms with Crippen LogP contribution in [0.3, 0.4) is 0 Å². The van der Waals surface area contributed by atoms with Crippen LogP contribution in [0, 0.1) is 0 Å². The number of aryl methyl sites for hydroxylation is 1. The van der Waals surface area contributed by atoms with Gasteiger partial charge in [0.05, 0.1) is 44.8 Å². The third-order valence-corrected chi connectivity index (χ3v) is 9.26. The van der Waals surface area contributed by atoms with Gasteiger partial charge >= 0.3 is 11.9 Å². The molecule has 0 radical (unpaired) electrons. The second kappa shape index (κ2) is 17.0. The number of benzene rings is 2. The average molecular weight is 688 g/mol. The van der Waals surface area contributed by atoms with Gasteiger partial charge in [-0.1, -0.05) is 47.5 Å². The minimum Gasteiger partial charge on any atom is -0.496 e. The van der Waals surface area contributed by atoms with E-state index in [9.17, 15) is 14.4 Å². The Morgan fingerprint density at radius 3 is 2.06 bits per heavy atom. The predicted molar refractivity (Wildman–Crippen MR) is 183 cm³/mol. The molecule has 1 N–H and O–H groups in total. The number of carbonyl (C=O) groups excluding carboxylic acids is 3. The van der Waals surface area contributed by atoms with Crippen molar-refractivity contribution in [2.24, 2.45) is 0 Å². The van der Waals surface area contributed by atoms with E-state index in [4.69, 9.17) is 37.4 Å². The number of hydrogen-bond donors (Lipinski definition) is 1. The van der Waals surface area contributed by atoms with Crippen molar-refractivity contribution >= 4 is 41.0 Å². The van der Waals surface area contributed by atoms with Gasteiger partial charge in [-0.05, 0) is 70.2 Å². The summed E-state index contributed by atoms with van der Waals surface area (Å²) in [6.45, 7) is 4.66. The van der Waals surface area contributed by atoms with Crippen LogP contribution in [0.2, 0.25) is 10.0 Å². The average Bonchev–Trinajstić information content (AvgIpc) is 3.06. The Balaban J connectivity index is 1.73. The van der Waals surface area contributed by atoms with Gasteiger partial charge < -0.3 is 29.3 Å². The fraction of sp³-hybridized carbons (Fsp3) is 0.457. The first-order chi connectivity index (χ1) is 22.6. The number of amides is 1. The van der Waals surface area contributed by atoms with Gasteiger partial charge in [0.25, 0.3) is 0 Å². The SMILES string of the molecule is COC(=O)C1=C(CCc2ccccc2OC)NC(CC(=O)N2CCN(CCCN(C)C)CC2)=C(C(=O)OC)C1c1c(Cl)cccc1Cl. The Labute approximate surface area is 287 Å². The van der Waals surface area contributed by atoms with Crippen LogP contribution in [0.15, 0.2) is 65.0 Å². The molecule has 1 atom stereocenters. The molecule has 2 aliphatic rings. The molecule has 0 aromatic heterocycles. The predicted octanol–water partition coefficient (Wildman–Crippen LogP) is 4.66. The highest BCUT2D eigenvalue weighted by Crippen LogP contribution is 2.46. The van der Waals surface area contributed by atoms with Crippen molar-refractivity contribution in [1.82, 2.24) is 20.0 Å². The molecule has 2 aromatic carbocycles. The third kappa shape index (κ3) is 8.87. The molecule has 1 unspecified atom stereocenters. The highest BCUT2D eigenvalue weighted by atomic mass is 35.5. The summed E-state index contributed by atoms with van der Waals surface area (Å²) in [6.07, 6.45) is 1.76. The van der Waals surface area contributed by atoms with Gasteiger partial charge in [-0.3, -0.25) is 9.69 Å². The van der Waals surface area contributed by atoms with Gasteiger partial charge in [-0.2, -0.15) is 0 Å². The van der Waals surface area contributed by atoms with Crippen molar-refractivity contribution in [3.8, 4) is 5.75 Å². The molecule has 2 aliphatic heterocycles. The van der Waals surface area contributed by atoms with Crippen molar-refractivity contribution in [2.75, 3.05) is 74.7 Å². The van der Waals surface area contributed by atoms with Crippen LogP contribution < -0.4 is 10.1 Å². The zero-order valence-corrected chi connectivity index (χ0v) is 29.2. The van der Waals surface area contributed by atoms with Gasteiger partial charge in [0.1, 0.15) is 5.75 Å².